The van der Waals surface area contributed by atoms with E-state index in [4.69, 9.17) is 0 Å². The highest BCUT2D eigenvalue weighted by Crippen LogP contribution is 2.39. The van der Waals surface area contributed by atoms with E-state index in [1.807, 2.05) is 48.7 Å². The number of pyridine rings is 1. The summed E-state index contributed by atoms with van der Waals surface area (Å²) in [6.45, 7) is 0.529. The van der Waals surface area contributed by atoms with Gasteiger partial charge in [0.2, 0.25) is 0 Å². The van der Waals surface area contributed by atoms with Crippen molar-refractivity contribution in [1.82, 2.24) is 20.1 Å². The molecule has 1 fully saturated rings. The first-order valence-corrected chi connectivity index (χ1v) is 12.4. The molecule has 6 nitrogen and oxygen atoms in total. The average molecular weight is 579 g/mol. The number of carbonyl (C=O) groups excluding carboxylic acids is 1. The van der Waals surface area contributed by atoms with Crippen molar-refractivity contribution in [3.8, 4) is 17.9 Å². The van der Waals surface area contributed by atoms with Gasteiger partial charge in [0.15, 0.2) is 0 Å². The summed E-state index contributed by atoms with van der Waals surface area (Å²) in [5.74, 6) is 5.87. The Labute approximate surface area is 215 Å². The van der Waals surface area contributed by atoms with Crippen molar-refractivity contribution in [3.05, 3.63) is 86.3 Å². The van der Waals surface area contributed by atoms with Gasteiger partial charge in [0.05, 0.1) is 11.2 Å². The summed E-state index contributed by atoms with van der Waals surface area (Å²) in [5.41, 5.74) is 1.96. The van der Waals surface area contributed by atoms with Gasteiger partial charge in [-0.3, -0.25) is 14.5 Å². The maximum absolute atomic E-state index is 13.1. The number of nitriles is 1. The van der Waals surface area contributed by atoms with E-state index in [2.05, 4.69) is 59.1 Å². The number of hydrogen-bond donors (Lipinski definition) is 1. The second-order valence-electron chi connectivity index (χ2n) is 8.02. The van der Waals surface area contributed by atoms with Gasteiger partial charge >= 0.3 is 0 Å². The van der Waals surface area contributed by atoms with E-state index >= 15 is 0 Å². The molecule has 1 aromatic carbocycles. The Morgan fingerprint density at radius 1 is 1.24 bits per heavy atom. The summed E-state index contributed by atoms with van der Waals surface area (Å²) in [4.78, 5) is 17.4. The lowest BCUT2D eigenvalue weighted by Gasteiger charge is -2.31. The fraction of sp³-hybridized carbons (Fsp3) is 0.231. The summed E-state index contributed by atoms with van der Waals surface area (Å²) in [7, 11) is 0. The zero-order valence-electron chi connectivity index (χ0n) is 18.3. The molecule has 1 saturated carbocycles. The summed E-state index contributed by atoms with van der Waals surface area (Å²) in [6, 6.07) is 13.7. The molecule has 1 aliphatic rings. The molecule has 0 spiro atoms. The molecule has 1 N–H and O–H groups in total. The first kappa shape index (κ1) is 23.9. The van der Waals surface area contributed by atoms with E-state index < -0.39 is 11.4 Å². The quantitative estimate of drug-likeness (QED) is 0.251. The minimum atomic E-state index is -0.502. The molecular weight excluding hydrogens is 558 g/mol. The van der Waals surface area contributed by atoms with Crippen LogP contribution in [0.2, 0.25) is 0 Å². The number of nitrogens with one attached hydrogen (secondary N) is 1. The van der Waals surface area contributed by atoms with Crippen LogP contribution in [0.4, 0.5) is 0 Å². The lowest BCUT2D eigenvalue weighted by atomic mass is 9.87. The standard InChI is InChI=1S/C26H21Br2N5O/c27-22-16-23(28)24(30-18-22)15-20(17-29)25(34)32-26(10-1-2-11-26)21-8-6-19(7-9-21)5-3-13-33-14-4-12-31-33/h4,6-9,12,14-16,18H,1-2,10-11,13H2,(H,32,34)/b20-15+. The van der Waals surface area contributed by atoms with E-state index in [0.29, 0.717) is 16.7 Å². The Morgan fingerprint density at radius 3 is 2.65 bits per heavy atom. The topological polar surface area (TPSA) is 83.6 Å². The van der Waals surface area contributed by atoms with Gasteiger partial charge in [0.25, 0.3) is 5.91 Å². The molecule has 8 heteroatoms. The number of hydrogen-bond acceptors (Lipinski definition) is 4. The van der Waals surface area contributed by atoms with Crippen molar-refractivity contribution in [3.63, 3.8) is 0 Å². The summed E-state index contributed by atoms with van der Waals surface area (Å²) in [5, 5.41) is 17.0. The molecule has 2 aromatic heterocycles. The molecule has 3 aromatic rings. The summed E-state index contributed by atoms with van der Waals surface area (Å²) >= 11 is 6.79. The molecule has 0 bridgehead atoms. The third-order valence-corrected chi connectivity index (χ3v) is 6.83. The van der Waals surface area contributed by atoms with Gasteiger partial charge in [-0.05, 0) is 80.6 Å². The third kappa shape index (κ3) is 5.64. The molecule has 1 aliphatic carbocycles. The van der Waals surface area contributed by atoms with Gasteiger partial charge in [-0.2, -0.15) is 10.4 Å². The van der Waals surface area contributed by atoms with Crippen LogP contribution < -0.4 is 5.32 Å². The Balaban J connectivity index is 1.52. The first-order chi connectivity index (χ1) is 16.5. The first-order valence-electron chi connectivity index (χ1n) is 10.8. The van der Waals surface area contributed by atoms with Crippen LogP contribution >= 0.6 is 31.9 Å². The molecule has 34 heavy (non-hydrogen) atoms. The SMILES string of the molecule is N#C/C(=C\c1ncc(Br)cc1Br)C(=O)NC1(c2ccc(C#CCn3cccn3)cc2)CCCC1. The number of halogens is 2. The number of rotatable bonds is 5. The van der Waals surface area contributed by atoms with E-state index in [-0.39, 0.29) is 5.57 Å². The Hall–Kier alpha value is -3.20. The van der Waals surface area contributed by atoms with Gasteiger partial charge in [-0.1, -0.05) is 36.8 Å². The molecule has 0 radical (unpaired) electrons. The van der Waals surface area contributed by atoms with E-state index in [0.717, 1.165) is 41.3 Å². The fourth-order valence-corrected chi connectivity index (χ4v) is 5.16. The predicted octanol–water partition coefficient (Wildman–Crippen LogP) is 5.35. The van der Waals surface area contributed by atoms with Crippen molar-refractivity contribution >= 4 is 43.8 Å². The molecule has 1 amide bonds. The smallest absolute Gasteiger partial charge is 0.262 e. The van der Waals surface area contributed by atoms with Crippen molar-refractivity contribution in [2.75, 3.05) is 0 Å². The van der Waals surface area contributed by atoms with Crippen molar-refractivity contribution in [1.29, 1.82) is 5.26 Å². The molecule has 0 atom stereocenters. The predicted molar refractivity (Wildman–Crippen MR) is 137 cm³/mol. The van der Waals surface area contributed by atoms with Crippen LogP contribution in [-0.2, 0) is 16.9 Å². The van der Waals surface area contributed by atoms with Crippen LogP contribution in [-0.4, -0.2) is 20.7 Å². The van der Waals surface area contributed by atoms with Gasteiger partial charge in [-0.15, -0.1) is 0 Å². The molecule has 0 saturated heterocycles. The molecule has 0 aliphatic heterocycles. The van der Waals surface area contributed by atoms with Crippen LogP contribution in [0.15, 0.2) is 69.5 Å². The van der Waals surface area contributed by atoms with Gasteiger partial charge in [0, 0.05) is 33.1 Å². The van der Waals surface area contributed by atoms with Crippen LogP contribution in [0, 0.1) is 23.2 Å². The lowest BCUT2D eigenvalue weighted by Crippen LogP contribution is -2.44. The number of aromatic nitrogens is 3. The summed E-state index contributed by atoms with van der Waals surface area (Å²) < 4.78 is 3.27. The van der Waals surface area contributed by atoms with Gasteiger partial charge < -0.3 is 5.32 Å². The van der Waals surface area contributed by atoms with Crippen molar-refractivity contribution < 1.29 is 4.79 Å². The number of benzene rings is 1. The van der Waals surface area contributed by atoms with Crippen LogP contribution in [0.25, 0.3) is 6.08 Å². The summed E-state index contributed by atoms with van der Waals surface area (Å²) in [6.07, 6.45) is 10.4. The highest BCUT2D eigenvalue weighted by molar-refractivity contribution is 9.11. The zero-order chi connectivity index (χ0) is 24.0. The molecule has 0 unspecified atom stereocenters. The van der Waals surface area contributed by atoms with E-state index in [1.165, 1.54) is 6.08 Å². The van der Waals surface area contributed by atoms with Crippen LogP contribution in [0.1, 0.15) is 42.5 Å². The molecule has 2 heterocycles. The largest absolute Gasteiger partial charge is 0.342 e. The highest BCUT2D eigenvalue weighted by atomic mass is 79.9. The third-order valence-electron chi connectivity index (χ3n) is 5.76. The monoisotopic (exact) mass is 577 g/mol. The molecular formula is C26H21Br2N5O. The maximum Gasteiger partial charge on any atom is 0.262 e. The zero-order valence-corrected chi connectivity index (χ0v) is 21.4. The fourth-order valence-electron chi connectivity index (χ4n) is 4.05. The maximum atomic E-state index is 13.1. The van der Waals surface area contributed by atoms with E-state index in [9.17, 15) is 10.1 Å². The lowest BCUT2D eigenvalue weighted by molar-refractivity contribution is -0.119. The molecule has 4 rings (SSSR count). The van der Waals surface area contributed by atoms with Crippen molar-refractivity contribution in [2.45, 2.75) is 37.8 Å². The minimum Gasteiger partial charge on any atom is -0.342 e. The Kier molecular flexibility index (Phi) is 7.62. The van der Waals surface area contributed by atoms with Crippen LogP contribution in [0.5, 0.6) is 0 Å². The van der Waals surface area contributed by atoms with Crippen molar-refractivity contribution in [2.24, 2.45) is 0 Å². The normalized spacial score (nSPS) is 14.7. The van der Waals surface area contributed by atoms with Crippen LogP contribution in [0.3, 0.4) is 0 Å². The Bertz CT molecular complexity index is 1310. The molecule has 170 valence electrons. The van der Waals surface area contributed by atoms with Gasteiger partial charge in [-0.25, -0.2) is 0 Å². The number of amides is 1. The highest BCUT2D eigenvalue weighted by Gasteiger charge is 2.37. The van der Waals surface area contributed by atoms with Gasteiger partial charge in [0.1, 0.15) is 18.2 Å². The van der Waals surface area contributed by atoms with E-state index in [1.54, 1.807) is 17.1 Å². The number of nitrogens with zero attached hydrogens (tertiary/aromatic N) is 4. The minimum absolute atomic E-state index is 0.0166. The number of carbonyl (C=O) groups is 1. The second-order valence-corrected chi connectivity index (χ2v) is 9.79. The average Bonchev–Trinajstić information content (AvgIpc) is 3.52. The second kappa shape index (κ2) is 10.8. The Morgan fingerprint density at radius 2 is 2.00 bits per heavy atom.